The van der Waals surface area contributed by atoms with E-state index in [0.29, 0.717) is 11.4 Å². The van der Waals surface area contributed by atoms with Crippen LogP contribution in [0, 0.1) is 13.8 Å². The molecule has 2 rings (SSSR count). The van der Waals surface area contributed by atoms with Crippen LogP contribution in [0.2, 0.25) is 5.02 Å². The molecule has 0 saturated heterocycles. The van der Waals surface area contributed by atoms with Gasteiger partial charge >= 0.3 is 0 Å². The second-order valence-corrected chi connectivity index (χ2v) is 5.60. The topological polar surface area (TPSA) is 51.8 Å². The van der Waals surface area contributed by atoms with E-state index in [-0.39, 0.29) is 6.04 Å². The minimum atomic E-state index is -0.0545. The first-order valence-corrected chi connectivity index (χ1v) is 6.55. The first-order chi connectivity index (χ1) is 8.08. The van der Waals surface area contributed by atoms with Gasteiger partial charge in [0.1, 0.15) is 0 Å². The lowest BCUT2D eigenvalue weighted by Crippen LogP contribution is -2.13. The maximum Gasteiger partial charge on any atom is 0.0900 e. The van der Waals surface area contributed by atoms with Gasteiger partial charge in [0.25, 0.3) is 0 Å². The number of aryl methyl sites for hydroxylation is 2. The van der Waals surface area contributed by atoms with Crippen molar-refractivity contribution < 1.29 is 0 Å². The van der Waals surface area contributed by atoms with Crippen molar-refractivity contribution in [1.29, 1.82) is 0 Å². The summed E-state index contributed by atoms with van der Waals surface area (Å²) in [5, 5.41) is 1.72. The molecule has 1 atom stereocenters. The number of nitrogens with zero attached hydrogens (tertiary/aromatic N) is 2. The molecule has 5 heteroatoms. The first kappa shape index (κ1) is 12.5. The lowest BCUT2D eigenvalue weighted by atomic mass is 10.1. The van der Waals surface area contributed by atoms with E-state index in [4.69, 9.17) is 17.3 Å². The number of rotatable bonds is 3. The summed E-state index contributed by atoms with van der Waals surface area (Å²) in [6.45, 7) is 3.99. The minimum Gasteiger partial charge on any atom is -0.323 e. The van der Waals surface area contributed by atoms with Gasteiger partial charge in [-0.1, -0.05) is 11.6 Å². The van der Waals surface area contributed by atoms with Gasteiger partial charge in [-0.25, -0.2) is 4.98 Å². The predicted molar refractivity (Wildman–Crippen MR) is 71.5 cm³/mol. The maximum atomic E-state index is 6.20. The molecule has 0 aliphatic carbocycles. The highest BCUT2D eigenvalue weighted by Crippen LogP contribution is 2.27. The van der Waals surface area contributed by atoms with Gasteiger partial charge in [-0.2, -0.15) is 0 Å². The molecular formula is C12H14ClN3S. The standard InChI is InChI=1S/C12H14ClN3S/c1-7-12(17-8(2)16-7)11(14)5-9-3-4-15-6-10(9)13/h3-4,6,11H,5,14H2,1-2H3. The lowest BCUT2D eigenvalue weighted by molar-refractivity contribution is 0.728. The van der Waals surface area contributed by atoms with E-state index < -0.39 is 0 Å². The van der Waals surface area contributed by atoms with Crippen LogP contribution < -0.4 is 5.73 Å². The average Bonchev–Trinajstić information content (AvgIpc) is 2.61. The number of halogens is 1. The quantitative estimate of drug-likeness (QED) is 0.930. The Labute approximate surface area is 110 Å². The van der Waals surface area contributed by atoms with Gasteiger partial charge in [-0.3, -0.25) is 4.98 Å². The SMILES string of the molecule is Cc1nc(C)c(C(N)Cc2ccncc2Cl)s1. The summed E-state index contributed by atoms with van der Waals surface area (Å²) in [5.74, 6) is 0. The minimum absolute atomic E-state index is 0.0545. The van der Waals surface area contributed by atoms with Crippen LogP contribution in [-0.2, 0) is 6.42 Å². The van der Waals surface area contributed by atoms with Crippen molar-refractivity contribution in [3.8, 4) is 0 Å². The third kappa shape index (κ3) is 2.83. The van der Waals surface area contributed by atoms with Gasteiger partial charge in [-0.05, 0) is 31.9 Å². The van der Waals surface area contributed by atoms with Crippen LogP contribution in [0.5, 0.6) is 0 Å². The fraction of sp³-hybridized carbons (Fsp3) is 0.333. The molecule has 0 saturated carbocycles. The third-order valence-electron chi connectivity index (χ3n) is 2.57. The number of nitrogens with two attached hydrogens (primary N) is 1. The zero-order chi connectivity index (χ0) is 12.4. The normalized spacial score (nSPS) is 12.7. The molecular weight excluding hydrogens is 254 g/mol. The molecule has 0 aliphatic rings. The van der Waals surface area contributed by atoms with E-state index in [9.17, 15) is 0 Å². The molecule has 0 spiro atoms. The van der Waals surface area contributed by atoms with E-state index in [0.717, 1.165) is 21.1 Å². The monoisotopic (exact) mass is 267 g/mol. The highest BCUT2D eigenvalue weighted by molar-refractivity contribution is 7.11. The van der Waals surface area contributed by atoms with Crippen LogP contribution in [0.15, 0.2) is 18.5 Å². The van der Waals surface area contributed by atoms with Crippen molar-refractivity contribution in [3.63, 3.8) is 0 Å². The van der Waals surface area contributed by atoms with Crippen LogP contribution in [0.1, 0.15) is 27.2 Å². The summed E-state index contributed by atoms with van der Waals surface area (Å²) in [6, 6.07) is 1.85. The highest BCUT2D eigenvalue weighted by atomic mass is 35.5. The van der Waals surface area contributed by atoms with Crippen molar-refractivity contribution in [1.82, 2.24) is 9.97 Å². The Morgan fingerprint density at radius 3 is 2.82 bits per heavy atom. The average molecular weight is 268 g/mol. The summed E-state index contributed by atoms with van der Waals surface area (Å²) < 4.78 is 0. The molecule has 3 nitrogen and oxygen atoms in total. The zero-order valence-electron chi connectivity index (χ0n) is 9.77. The van der Waals surface area contributed by atoms with E-state index >= 15 is 0 Å². The summed E-state index contributed by atoms with van der Waals surface area (Å²) in [7, 11) is 0. The molecule has 1 unspecified atom stereocenters. The number of hydrogen-bond donors (Lipinski definition) is 1. The van der Waals surface area contributed by atoms with Gasteiger partial charge in [0, 0.05) is 23.3 Å². The molecule has 90 valence electrons. The van der Waals surface area contributed by atoms with Crippen molar-refractivity contribution in [2.75, 3.05) is 0 Å². The van der Waals surface area contributed by atoms with E-state index in [1.165, 1.54) is 0 Å². The third-order valence-corrected chi connectivity index (χ3v) is 4.12. The molecule has 0 aliphatic heterocycles. The Bertz CT molecular complexity index is 524. The zero-order valence-corrected chi connectivity index (χ0v) is 11.3. The van der Waals surface area contributed by atoms with Gasteiger partial charge in [-0.15, -0.1) is 11.3 Å². The summed E-state index contributed by atoms with van der Waals surface area (Å²) in [5.41, 5.74) is 8.25. The Hall–Kier alpha value is -0.970. The summed E-state index contributed by atoms with van der Waals surface area (Å²) >= 11 is 7.72. The highest BCUT2D eigenvalue weighted by Gasteiger charge is 2.15. The molecule has 0 aromatic carbocycles. The molecule has 2 N–H and O–H groups in total. The number of pyridine rings is 1. The fourth-order valence-electron chi connectivity index (χ4n) is 1.79. The van der Waals surface area contributed by atoms with Crippen molar-refractivity contribution in [3.05, 3.63) is 44.6 Å². The fourth-order valence-corrected chi connectivity index (χ4v) is 2.92. The van der Waals surface area contributed by atoms with Crippen LogP contribution in [-0.4, -0.2) is 9.97 Å². The number of thiazole rings is 1. The van der Waals surface area contributed by atoms with Crippen LogP contribution in [0.3, 0.4) is 0 Å². The Kier molecular flexibility index (Phi) is 3.76. The number of aromatic nitrogens is 2. The van der Waals surface area contributed by atoms with Crippen molar-refractivity contribution in [2.24, 2.45) is 5.73 Å². The van der Waals surface area contributed by atoms with Crippen LogP contribution in [0.4, 0.5) is 0 Å². The van der Waals surface area contributed by atoms with Crippen molar-refractivity contribution in [2.45, 2.75) is 26.3 Å². The van der Waals surface area contributed by atoms with Gasteiger partial charge < -0.3 is 5.73 Å². The lowest BCUT2D eigenvalue weighted by Gasteiger charge is -2.11. The Morgan fingerprint density at radius 1 is 1.47 bits per heavy atom. The predicted octanol–water partition coefficient (Wildman–Crippen LogP) is 3.05. The summed E-state index contributed by atoms with van der Waals surface area (Å²) in [6.07, 6.45) is 4.09. The second-order valence-electron chi connectivity index (χ2n) is 3.96. The molecule has 0 radical (unpaired) electrons. The van der Waals surface area contributed by atoms with Gasteiger partial charge in [0.2, 0.25) is 0 Å². The molecule has 2 aromatic rings. The molecule has 0 bridgehead atoms. The van der Waals surface area contributed by atoms with Gasteiger partial charge in [0.05, 0.1) is 15.7 Å². The van der Waals surface area contributed by atoms with Crippen LogP contribution in [0.25, 0.3) is 0 Å². The van der Waals surface area contributed by atoms with E-state index in [2.05, 4.69) is 9.97 Å². The molecule has 17 heavy (non-hydrogen) atoms. The Balaban J connectivity index is 2.20. The van der Waals surface area contributed by atoms with Crippen LogP contribution >= 0.6 is 22.9 Å². The first-order valence-electron chi connectivity index (χ1n) is 5.36. The van der Waals surface area contributed by atoms with Crippen molar-refractivity contribution >= 4 is 22.9 Å². The molecule has 2 heterocycles. The van der Waals surface area contributed by atoms with E-state index in [1.54, 1.807) is 23.7 Å². The molecule has 2 aromatic heterocycles. The largest absolute Gasteiger partial charge is 0.323 e. The maximum absolute atomic E-state index is 6.20. The Morgan fingerprint density at radius 2 is 2.24 bits per heavy atom. The smallest absolute Gasteiger partial charge is 0.0900 e. The van der Waals surface area contributed by atoms with Gasteiger partial charge in [0.15, 0.2) is 0 Å². The second kappa shape index (κ2) is 5.12. The summed E-state index contributed by atoms with van der Waals surface area (Å²) in [4.78, 5) is 9.49. The molecule has 0 fully saturated rings. The van der Waals surface area contributed by atoms with E-state index in [1.807, 2.05) is 19.9 Å². The molecule has 0 amide bonds. The number of hydrogen-bond acceptors (Lipinski definition) is 4.